The molecule has 0 saturated heterocycles. The highest BCUT2D eigenvalue weighted by molar-refractivity contribution is 6.19. The van der Waals surface area contributed by atoms with Crippen LogP contribution in [0.3, 0.4) is 0 Å². The average Bonchev–Trinajstić information content (AvgIpc) is 3.47. The van der Waals surface area contributed by atoms with Crippen LogP contribution < -0.4 is 10.6 Å². The second kappa shape index (κ2) is 9.51. The molecule has 3 N–H and O–H groups in total. The minimum absolute atomic E-state index is 0.0908. The lowest BCUT2D eigenvalue weighted by Gasteiger charge is -2.29. The number of fused-ring (bicyclic) bond motifs is 8. The van der Waals surface area contributed by atoms with E-state index in [4.69, 9.17) is 9.41 Å². The van der Waals surface area contributed by atoms with Gasteiger partial charge in [-0.15, -0.1) is 0 Å². The van der Waals surface area contributed by atoms with Gasteiger partial charge in [0.2, 0.25) is 6.17 Å². The SMILES string of the molecule is c1ccc(C2N=C(c3cncc4oc5ccccc5c34)NC(c3cccc4ccc5c6ccccc6ccc5c34)[NH2+]2)cc1. The average molecular weight is 556 g/mol. The molecule has 9 rings (SSSR count). The van der Waals surface area contributed by atoms with Gasteiger partial charge in [0.15, 0.2) is 11.7 Å². The predicted molar refractivity (Wildman–Crippen MR) is 174 cm³/mol. The Kier molecular flexibility index (Phi) is 5.33. The van der Waals surface area contributed by atoms with Crippen LogP contribution in [-0.2, 0) is 0 Å². The minimum Gasteiger partial charge on any atom is -0.454 e. The Hall–Kier alpha value is -5.52. The van der Waals surface area contributed by atoms with Crippen molar-refractivity contribution in [2.45, 2.75) is 12.3 Å². The largest absolute Gasteiger partial charge is 0.454 e. The summed E-state index contributed by atoms with van der Waals surface area (Å²) in [4.78, 5) is 9.86. The van der Waals surface area contributed by atoms with E-state index in [2.05, 4.69) is 119 Å². The third-order valence-electron chi connectivity index (χ3n) is 8.75. The summed E-state index contributed by atoms with van der Waals surface area (Å²) in [5.41, 5.74) is 4.92. The van der Waals surface area contributed by atoms with E-state index in [0.29, 0.717) is 0 Å². The number of aliphatic imine (C=N–C) groups is 1. The van der Waals surface area contributed by atoms with E-state index in [1.165, 1.54) is 37.9 Å². The van der Waals surface area contributed by atoms with Gasteiger partial charge >= 0.3 is 0 Å². The molecule has 8 aromatic rings. The Morgan fingerprint density at radius 3 is 2.28 bits per heavy atom. The van der Waals surface area contributed by atoms with Crippen molar-refractivity contribution in [2.24, 2.45) is 4.99 Å². The van der Waals surface area contributed by atoms with Gasteiger partial charge in [-0.1, -0.05) is 115 Å². The summed E-state index contributed by atoms with van der Waals surface area (Å²) in [6, 6.07) is 43.0. The van der Waals surface area contributed by atoms with E-state index in [1.807, 2.05) is 24.4 Å². The highest BCUT2D eigenvalue weighted by Crippen LogP contribution is 2.36. The summed E-state index contributed by atoms with van der Waals surface area (Å²) in [6.45, 7) is 0. The quantitative estimate of drug-likeness (QED) is 0.219. The number of aromatic nitrogens is 1. The Morgan fingerprint density at radius 2 is 1.35 bits per heavy atom. The van der Waals surface area contributed by atoms with Crippen LogP contribution in [0.5, 0.6) is 0 Å². The van der Waals surface area contributed by atoms with E-state index in [-0.39, 0.29) is 12.3 Å². The van der Waals surface area contributed by atoms with Gasteiger partial charge in [-0.3, -0.25) is 10.3 Å². The summed E-state index contributed by atoms with van der Waals surface area (Å²) in [5, 5.41) is 15.8. The van der Waals surface area contributed by atoms with Crippen LogP contribution >= 0.6 is 0 Å². The van der Waals surface area contributed by atoms with Gasteiger partial charge in [-0.2, -0.15) is 0 Å². The molecule has 204 valence electrons. The second-order valence-electron chi connectivity index (χ2n) is 11.2. The van der Waals surface area contributed by atoms with Crippen LogP contribution in [0.15, 0.2) is 143 Å². The van der Waals surface area contributed by atoms with Gasteiger partial charge in [0.1, 0.15) is 11.4 Å². The molecule has 2 aromatic heterocycles. The molecule has 3 heterocycles. The number of nitrogens with zero attached hydrogens (tertiary/aromatic N) is 2. The first-order valence-corrected chi connectivity index (χ1v) is 14.6. The number of hydrogen-bond acceptors (Lipinski definition) is 4. The molecular formula is C38H27N4O+. The van der Waals surface area contributed by atoms with Gasteiger partial charge in [0.25, 0.3) is 0 Å². The molecule has 6 aromatic carbocycles. The van der Waals surface area contributed by atoms with Gasteiger partial charge in [0, 0.05) is 39.0 Å². The van der Waals surface area contributed by atoms with E-state index in [0.717, 1.165) is 38.9 Å². The van der Waals surface area contributed by atoms with Crippen molar-refractivity contribution < 1.29 is 9.73 Å². The first kappa shape index (κ1) is 24.1. The number of rotatable bonds is 3. The number of furan rings is 1. The van der Waals surface area contributed by atoms with Crippen molar-refractivity contribution in [1.29, 1.82) is 0 Å². The van der Waals surface area contributed by atoms with Crippen molar-refractivity contribution in [2.75, 3.05) is 0 Å². The standard InChI is InChI=1S/C38H26N4O/c1-2-10-25(11-3-1)36-40-37(42-38(41-36)31-21-39-22-33-35(31)29-14-6-7-16-32(29)43-33)30-15-8-12-24-18-19-27-26-13-5-4-9-23(26)17-20-28(27)34(24)30/h1-22,36-37,40H,(H,41,42)/p+1. The van der Waals surface area contributed by atoms with Crippen molar-refractivity contribution in [3.05, 3.63) is 150 Å². The second-order valence-corrected chi connectivity index (χ2v) is 11.2. The zero-order valence-electron chi connectivity index (χ0n) is 23.2. The topological polar surface area (TPSA) is 67.0 Å². The number of benzene rings is 6. The summed E-state index contributed by atoms with van der Waals surface area (Å²) in [7, 11) is 0. The van der Waals surface area contributed by atoms with Crippen LogP contribution in [0.2, 0.25) is 0 Å². The van der Waals surface area contributed by atoms with Crippen LogP contribution in [0.4, 0.5) is 0 Å². The zero-order valence-corrected chi connectivity index (χ0v) is 23.2. The maximum Gasteiger partial charge on any atom is 0.209 e. The van der Waals surface area contributed by atoms with E-state index in [1.54, 1.807) is 6.20 Å². The van der Waals surface area contributed by atoms with Crippen LogP contribution in [0, 0.1) is 0 Å². The maximum atomic E-state index is 6.19. The molecule has 2 atom stereocenters. The van der Waals surface area contributed by atoms with Crippen molar-refractivity contribution in [1.82, 2.24) is 10.3 Å². The van der Waals surface area contributed by atoms with E-state index < -0.39 is 0 Å². The van der Waals surface area contributed by atoms with Gasteiger partial charge in [0.05, 0.1) is 6.20 Å². The molecule has 0 saturated carbocycles. The van der Waals surface area contributed by atoms with Crippen molar-refractivity contribution in [3.8, 4) is 0 Å². The van der Waals surface area contributed by atoms with Crippen molar-refractivity contribution >= 4 is 60.1 Å². The van der Waals surface area contributed by atoms with Crippen LogP contribution in [0.25, 0.3) is 54.3 Å². The number of quaternary nitrogens is 1. The molecule has 43 heavy (non-hydrogen) atoms. The molecule has 0 aliphatic carbocycles. The lowest BCUT2D eigenvalue weighted by Crippen LogP contribution is -2.90. The smallest absolute Gasteiger partial charge is 0.209 e. The maximum absolute atomic E-state index is 6.19. The number of nitrogens with two attached hydrogens (primary N) is 1. The summed E-state index contributed by atoms with van der Waals surface area (Å²) in [5.74, 6) is 0.814. The Morgan fingerprint density at radius 1 is 0.581 bits per heavy atom. The molecule has 0 amide bonds. The highest BCUT2D eigenvalue weighted by Gasteiger charge is 2.31. The molecule has 5 heteroatoms. The molecule has 1 aliphatic rings. The third kappa shape index (κ3) is 3.83. The zero-order chi connectivity index (χ0) is 28.3. The summed E-state index contributed by atoms with van der Waals surface area (Å²) in [6.07, 6.45) is 3.47. The Bertz CT molecular complexity index is 2370. The number of nitrogens with one attached hydrogen (secondary N) is 1. The number of amidine groups is 1. The van der Waals surface area contributed by atoms with Crippen molar-refractivity contribution in [3.63, 3.8) is 0 Å². The number of hydrogen-bond donors (Lipinski definition) is 2. The fourth-order valence-corrected chi connectivity index (χ4v) is 6.78. The van der Waals surface area contributed by atoms with Crippen LogP contribution in [0.1, 0.15) is 29.0 Å². The summed E-state index contributed by atoms with van der Waals surface area (Å²) >= 11 is 0. The number of para-hydroxylation sites is 1. The molecular weight excluding hydrogens is 528 g/mol. The van der Waals surface area contributed by atoms with Gasteiger partial charge in [-0.25, -0.2) is 4.99 Å². The van der Waals surface area contributed by atoms with Gasteiger partial charge in [-0.05, 0) is 33.0 Å². The molecule has 0 radical (unpaired) electrons. The Labute approximate surface area is 247 Å². The number of pyridine rings is 1. The molecule has 0 spiro atoms. The van der Waals surface area contributed by atoms with E-state index >= 15 is 0 Å². The first-order valence-electron chi connectivity index (χ1n) is 14.6. The molecule has 0 bridgehead atoms. The molecule has 5 nitrogen and oxygen atoms in total. The lowest BCUT2D eigenvalue weighted by atomic mass is 9.93. The monoisotopic (exact) mass is 555 g/mol. The normalized spacial score (nSPS) is 17.1. The molecule has 1 aliphatic heterocycles. The van der Waals surface area contributed by atoms with Gasteiger partial charge < -0.3 is 9.73 Å². The summed E-state index contributed by atoms with van der Waals surface area (Å²) < 4.78 is 6.19. The molecule has 2 unspecified atom stereocenters. The molecule has 0 fully saturated rings. The third-order valence-corrected chi connectivity index (χ3v) is 8.75. The first-order chi connectivity index (χ1) is 21.3. The fourth-order valence-electron chi connectivity index (χ4n) is 6.78. The van der Waals surface area contributed by atoms with E-state index in [9.17, 15) is 0 Å². The van der Waals surface area contributed by atoms with Crippen LogP contribution in [-0.4, -0.2) is 10.8 Å². The lowest BCUT2D eigenvalue weighted by molar-refractivity contribution is -0.739. The minimum atomic E-state index is -0.137. The predicted octanol–water partition coefficient (Wildman–Crippen LogP) is 7.75. The fraction of sp³-hybridized carbons (Fsp3) is 0.0526. The Balaban J connectivity index is 1.27. The highest BCUT2D eigenvalue weighted by atomic mass is 16.3.